The van der Waals surface area contributed by atoms with Gasteiger partial charge < -0.3 is 9.63 Å². The van der Waals surface area contributed by atoms with Gasteiger partial charge in [-0.25, -0.2) is 22.3 Å². The molecule has 1 atom stereocenters. The van der Waals surface area contributed by atoms with Gasteiger partial charge in [0.1, 0.15) is 17.1 Å². The SMILES string of the molecule is CC(C)CS(=O)(=O)NC(C)c1onc(-c2ccc(F)cc2)c1C(=O)O. The summed E-state index contributed by atoms with van der Waals surface area (Å²) in [6, 6.07) is 4.17. The van der Waals surface area contributed by atoms with Crippen LogP contribution in [0.5, 0.6) is 0 Å². The molecular formula is C16H19FN2O5S. The average Bonchev–Trinajstić information content (AvgIpc) is 2.91. The number of benzene rings is 1. The fraction of sp³-hybridized carbons (Fsp3) is 0.375. The molecule has 1 unspecified atom stereocenters. The van der Waals surface area contributed by atoms with Crippen molar-refractivity contribution < 1.29 is 27.2 Å². The van der Waals surface area contributed by atoms with Crippen molar-refractivity contribution in [2.45, 2.75) is 26.8 Å². The summed E-state index contributed by atoms with van der Waals surface area (Å²) in [5, 5.41) is 13.2. The van der Waals surface area contributed by atoms with Gasteiger partial charge in [-0.15, -0.1) is 0 Å². The Morgan fingerprint density at radius 2 is 1.88 bits per heavy atom. The van der Waals surface area contributed by atoms with Gasteiger partial charge in [0.15, 0.2) is 5.76 Å². The third-order valence-electron chi connectivity index (χ3n) is 3.35. The van der Waals surface area contributed by atoms with Crippen LogP contribution in [0.15, 0.2) is 28.8 Å². The highest BCUT2D eigenvalue weighted by Gasteiger charge is 2.29. The number of halogens is 1. The highest BCUT2D eigenvalue weighted by molar-refractivity contribution is 7.89. The van der Waals surface area contributed by atoms with Crippen LogP contribution in [0.25, 0.3) is 11.3 Å². The number of sulfonamides is 1. The van der Waals surface area contributed by atoms with E-state index in [0.717, 1.165) is 0 Å². The average molecular weight is 370 g/mol. The minimum Gasteiger partial charge on any atom is -0.477 e. The molecule has 0 saturated carbocycles. The molecular weight excluding hydrogens is 351 g/mol. The number of carbonyl (C=O) groups is 1. The van der Waals surface area contributed by atoms with Crippen LogP contribution >= 0.6 is 0 Å². The number of carboxylic acid groups (broad SMARTS) is 1. The van der Waals surface area contributed by atoms with Crippen LogP contribution in [-0.4, -0.2) is 30.4 Å². The van der Waals surface area contributed by atoms with Gasteiger partial charge >= 0.3 is 5.97 Å². The summed E-state index contributed by atoms with van der Waals surface area (Å²) in [6.07, 6.45) is 0. The van der Waals surface area contributed by atoms with Crippen molar-refractivity contribution in [2.24, 2.45) is 5.92 Å². The van der Waals surface area contributed by atoms with Crippen LogP contribution in [-0.2, 0) is 10.0 Å². The lowest BCUT2D eigenvalue weighted by Gasteiger charge is -2.13. The summed E-state index contributed by atoms with van der Waals surface area (Å²) in [7, 11) is -3.61. The Labute approximate surface area is 144 Å². The standard InChI is InChI=1S/C16H19FN2O5S/c1-9(2)8-25(22,23)19-10(3)15-13(16(20)21)14(18-24-15)11-4-6-12(17)7-5-11/h4-7,9-10,19H,8H2,1-3H3,(H,20,21). The molecule has 0 bridgehead atoms. The highest BCUT2D eigenvalue weighted by Crippen LogP contribution is 2.29. The van der Waals surface area contributed by atoms with Gasteiger partial charge in [-0.1, -0.05) is 19.0 Å². The van der Waals surface area contributed by atoms with Gasteiger partial charge in [-0.05, 0) is 37.1 Å². The van der Waals surface area contributed by atoms with E-state index in [4.69, 9.17) is 4.52 Å². The van der Waals surface area contributed by atoms with Crippen molar-refractivity contribution in [3.05, 3.63) is 41.4 Å². The third kappa shape index (κ3) is 4.64. The van der Waals surface area contributed by atoms with E-state index in [-0.39, 0.29) is 28.7 Å². The molecule has 1 heterocycles. The van der Waals surface area contributed by atoms with Crippen LogP contribution in [0.3, 0.4) is 0 Å². The molecule has 2 aromatic rings. The number of nitrogens with zero attached hydrogens (tertiary/aromatic N) is 1. The maximum atomic E-state index is 13.0. The van der Waals surface area contributed by atoms with Gasteiger partial charge in [-0.3, -0.25) is 0 Å². The first-order valence-electron chi connectivity index (χ1n) is 7.59. The van der Waals surface area contributed by atoms with Gasteiger partial charge in [0.2, 0.25) is 10.0 Å². The largest absolute Gasteiger partial charge is 0.477 e. The molecule has 0 aliphatic rings. The molecule has 0 radical (unpaired) electrons. The van der Waals surface area contributed by atoms with Crippen molar-refractivity contribution >= 4 is 16.0 Å². The van der Waals surface area contributed by atoms with Gasteiger partial charge in [-0.2, -0.15) is 0 Å². The molecule has 2 rings (SSSR count). The minimum atomic E-state index is -3.61. The van der Waals surface area contributed by atoms with E-state index < -0.39 is 27.9 Å². The molecule has 0 aliphatic heterocycles. The first-order chi connectivity index (χ1) is 11.6. The lowest BCUT2D eigenvalue weighted by atomic mass is 10.0. The predicted molar refractivity (Wildman–Crippen MR) is 89.0 cm³/mol. The van der Waals surface area contributed by atoms with Gasteiger partial charge in [0, 0.05) is 5.56 Å². The normalized spacial score (nSPS) is 13.2. The summed E-state index contributed by atoms with van der Waals surface area (Å²) in [5.41, 5.74) is 0.106. The lowest BCUT2D eigenvalue weighted by molar-refractivity contribution is 0.0694. The molecule has 0 spiro atoms. The number of aromatic nitrogens is 1. The Balaban J connectivity index is 2.39. The lowest BCUT2D eigenvalue weighted by Crippen LogP contribution is -2.31. The van der Waals surface area contributed by atoms with Crippen LogP contribution in [0.4, 0.5) is 4.39 Å². The van der Waals surface area contributed by atoms with Gasteiger partial charge in [0.05, 0.1) is 11.8 Å². The van der Waals surface area contributed by atoms with Crippen LogP contribution < -0.4 is 4.72 Å². The number of carboxylic acids is 1. The molecule has 7 nitrogen and oxygen atoms in total. The number of aromatic carboxylic acids is 1. The van der Waals surface area contributed by atoms with E-state index in [0.29, 0.717) is 5.56 Å². The molecule has 25 heavy (non-hydrogen) atoms. The quantitative estimate of drug-likeness (QED) is 0.775. The molecule has 0 saturated heterocycles. The van der Waals surface area contributed by atoms with Crippen LogP contribution in [0, 0.1) is 11.7 Å². The molecule has 9 heteroatoms. The maximum absolute atomic E-state index is 13.0. The molecule has 1 aromatic carbocycles. The topological polar surface area (TPSA) is 110 Å². The fourth-order valence-corrected chi connectivity index (χ4v) is 4.04. The predicted octanol–water partition coefficient (Wildman–Crippen LogP) is 2.82. The van der Waals surface area contributed by atoms with E-state index in [1.807, 2.05) is 0 Å². The van der Waals surface area contributed by atoms with Crippen molar-refractivity contribution in [2.75, 3.05) is 5.75 Å². The summed E-state index contributed by atoms with van der Waals surface area (Å²) in [5.74, 6) is -2.09. The monoisotopic (exact) mass is 370 g/mol. The van der Waals surface area contributed by atoms with E-state index in [2.05, 4.69) is 9.88 Å². The summed E-state index contributed by atoms with van der Waals surface area (Å²) in [4.78, 5) is 11.6. The summed E-state index contributed by atoms with van der Waals surface area (Å²) >= 11 is 0. The molecule has 2 N–H and O–H groups in total. The highest BCUT2D eigenvalue weighted by atomic mass is 32.2. The zero-order valence-corrected chi connectivity index (χ0v) is 14.8. The Bertz CT molecular complexity index is 859. The van der Waals surface area contributed by atoms with E-state index >= 15 is 0 Å². The smallest absolute Gasteiger partial charge is 0.341 e. The van der Waals surface area contributed by atoms with Crippen LogP contribution in [0.2, 0.25) is 0 Å². The third-order valence-corrected chi connectivity index (χ3v) is 5.17. The summed E-state index contributed by atoms with van der Waals surface area (Å²) < 4.78 is 44.7. The molecule has 136 valence electrons. The van der Waals surface area contributed by atoms with Crippen molar-refractivity contribution in [3.8, 4) is 11.3 Å². The number of hydrogen-bond donors (Lipinski definition) is 2. The Hall–Kier alpha value is -2.26. The van der Waals surface area contributed by atoms with E-state index in [1.54, 1.807) is 13.8 Å². The van der Waals surface area contributed by atoms with E-state index in [1.165, 1.54) is 31.2 Å². The Morgan fingerprint density at radius 1 is 1.28 bits per heavy atom. The molecule has 0 amide bonds. The number of nitrogens with one attached hydrogen (secondary N) is 1. The number of rotatable bonds is 7. The first-order valence-corrected chi connectivity index (χ1v) is 9.24. The minimum absolute atomic E-state index is 0.0115. The maximum Gasteiger partial charge on any atom is 0.341 e. The molecule has 0 aliphatic carbocycles. The van der Waals surface area contributed by atoms with Crippen molar-refractivity contribution in [1.82, 2.24) is 9.88 Å². The first kappa shape index (κ1) is 19.1. The van der Waals surface area contributed by atoms with Crippen LogP contribution in [0.1, 0.15) is 42.9 Å². The van der Waals surface area contributed by atoms with Crippen molar-refractivity contribution in [1.29, 1.82) is 0 Å². The second-order valence-corrected chi connectivity index (χ2v) is 7.90. The Kier molecular flexibility index (Phi) is 5.58. The van der Waals surface area contributed by atoms with Gasteiger partial charge in [0.25, 0.3) is 0 Å². The zero-order chi connectivity index (χ0) is 18.8. The second-order valence-electron chi connectivity index (χ2n) is 6.10. The molecule has 0 fully saturated rings. The van der Waals surface area contributed by atoms with E-state index in [9.17, 15) is 22.7 Å². The zero-order valence-electron chi connectivity index (χ0n) is 14.0. The Morgan fingerprint density at radius 3 is 2.40 bits per heavy atom. The summed E-state index contributed by atoms with van der Waals surface area (Å²) in [6.45, 7) is 4.99. The van der Waals surface area contributed by atoms with Crippen molar-refractivity contribution in [3.63, 3.8) is 0 Å². The molecule has 1 aromatic heterocycles. The fourth-order valence-electron chi connectivity index (χ4n) is 2.42. The second kappa shape index (κ2) is 7.32. The number of hydrogen-bond acceptors (Lipinski definition) is 5.